The van der Waals surface area contributed by atoms with Gasteiger partial charge >= 0.3 is 0 Å². The number of carbonyl (C=O) groups is 2. The first kappa shape index (κ1) is 40.0. The summed E-state index contributed by atoms with van der Waals surface area (Å²) in [5, 5.41) is 37.4. The standard InChI is InChI=1S/C44H64N4O4/c1-13-17-19-27(15-3)41(51)45-33-23-35-31(43(7,8)25(5)47(35)11)21-29(33)37-39(49)38(40(37)50)30-22-32-36(48(12)26(6)44(32,9)10)24-34(30)46-42(52)28(16-4)20-18-14-2/h21-28,37,39-40H,13-20H2,1-12H3,(H,45,51)/q-2/p+1. The van der Waals surface area contributed by atoms with Gasteiger partial charge in [0.25, 0.3) is 0 Å². The maximum atomic E-state index is 14.7. The molecule has 2 aromatic rings. The van der Waals surface area contributed by atoms with Gasteiger partial charge in [-0.15, -0.1) is 0 Å². The Morgan fingerprint density at radius 1 is 0.808 bits per heavy atom. The summed E-state index contributed by atoms with van der Waals surface area (Å²) in [6.45, 7) is 21.5. The van der Waals surface area contributed by atoms with Gasteiger partial charge in [-0.3, -0.25) is 9.59 Å². The largest absolute Gasteiger partial charge is 0.848 e. The van der Waals surface area contributed by atoms with E-state index in [0.717, 1.165) is 73.5 Å². The first-order valence-corrected chi connectivity index (χ1v) is 20.1. The van der Waals surface area contributed by atoms with Crippen LogP contribution in [-0.2, 0) is 20.4 Å². The van der Waals surface area contributed by atoms with E-state index in [4.69, 9.17) is 0 Å². The second kappa shape index (κ2) is 15.3. The molecule has 8 heteroatoms. The van der Waals surface area contributed by atoms with Crippen LogP contribution in [0.2, 0.25) is 0 Å². The Morgan fingerprint density at radius 2 is 1.35 bits per heavy atom. The average molecular weight is 714 g/mol. The van der Waals surface area contributed by atoms with E-state index in [1.54, 1.807) is 0 Å². The van der Waals surface area contributed by atoms with Crippen molar-refractivity contribution in [3.8, 4) is 0 Å². The molecule has 6 atom stereocenters. The molecule has 0 radical (unpaired) electrons. The van der Waals surface area contributed by atoms with E-state index in [0.29, 0.717) is 27.7 Å². The van der Waals surface area contributed by atoms with Crippen LogP contribution in [0.1, 0.15) is 143 Å². The minimum absolute atomic E-state index is 0.0591. The maximum absolute atomic E-state index is 14.7. The molecule has 3 aliphatic rings. The third-order valence-electron chi connectivity index (χ3n) is 13.7. The molecular formula is C44H65N4O4-. The van der Waals surface area contributed by atoms with Crippen LogP contribution >= 0.6 is 0 Å². The highest BCUT2D eigenvalue weighted by Crippen LogP contribution is 2.50. The summed E-state index contributed by atoms with van der Waals surface area (Å²) in [6.07, 6.45) is 4.33. The zero-order valence-electron chi connectivity index (χ0n) is 34.0. The summed E-state index contributed by atoms with van der Waals surface area (Å²) in [4.78, 5) is 29.7. The Labute approximate surface area is 312 Å². The van der Waals surface area contributed by atoms with Crippen molar-refractivity contribution < 1.29 is 19.8 Å². The highest BCUT2D eigenvalue weighted by molar-refractivity contribution is 5.95. The number of likely N-dealkylation sites (N-methyl/N-ethyl adjacent to an activating group) is 2. The molecule has 2 amide bonds. The predicted molar refractivity (Wildman–Crippen MR) is 210 cm³/mol. The molecule has 2 heterocycles. The molecule has 5 rings (SSSR count). The molecule has 286 valence electrons. The van der Waals surface area contributed by atoms with Gasteiger partial charge in [0.1, 0.15) is 7.05 Å². The molecule has 8 nitrogen and oxygen atoms in total. The fraction of sp³-hybridized carbons (Fsp3) is 0.659. The number of hydrogen-bond acceptors (Lipinski definition) is 5. The maximum Gasteiger partial charge on any atom is 0.227 e. The SMILES string of the molecule is CCCCC(CC)C(=O)Nc1cc2c(cc1C1C([O-])C(=c3cc4c(cc3NC(=O)C(CC)CCCC)=[N+](C)C(C)C4(C)C)C1[O-])C(C)(C)C(C)N2C. The summed E-state index contributed by atoms with van der Waals surface area (Å²) in [5.41, 5.74) is 4.77. The van der Waals surface area contributed by atoms with Crippen LogP contribution in [0.5, 0.6) is 0 Å². The highest BCUT2D eigenvalue weighted by Gasteiger charge is 2.45. The lowest BCUT2D eigenvalue weighted by Crippen LogP contribution is -2.61. The molecule has 1 saturated carbocycles. The lowest BCUT2D eigenvalue weighted by Gasteiger charge is -2.58. The number of hydrogen-bond donors (Lipinski definition) is 2. The van der Waals surface area contributed by atoms with Crippen molar-refractivity contribution in [2.75, 3.05) is 29.6 Å². The van der Waals surface area contributed by atoms with E-state index in [-0.39, 0.29) is 46.6 Å². The fourth-order valence-corrected chi connectivity index (χ4v) is 9.00. The van der Waals surface area contributed by atoms with Crippen LogP contribution in [0.15, 0.2) is 24.3 Å². The van der Waals surface area contributed by atoms with E-state index in [1.807, 2.05) is 38.1 Å². The van der Waals surface area contributed by atoms with Gasteiger partial charge in [-0.2, -0.15) is 0 Å². The van der Waals surface area contributed by atoms with Gasteiger partial charge in [-0.25, -0.2) is 4.58 Å². The number of nitrogens with zero attached hydrogens (tertiary/aromatic N) is 2. The van der Waals surface area contributed by atoms with Gasteiger partial charge in [0.05, 0.1) is 11.1 Å². The Bertz CT molecular complexity index is 1800. The quantitative estimate of drug-likeness (QED) is 0.273. The van der Waals surface area contributed by atoms with Gasteiger partial charge in [-0.05, 0) is 87.8 Å². The number of anilines is 3. The zero-order valence-corrected chi connectivity index (χ0v) is 34.0. The Kier molecular flexibility index (Phi) is 11.7. The Hall–Kier alpha value is -3.23. The van der Waals surface area contributed by atoms with Crippen LogP contribution in [0, 0.1) is 11.8 Å². The number of benzene rings is 2. The highest BCUT2D eigenvalue weighted by atomic mass is 16.3. The lowest BCUT2D eigenvalue weighted by molar-refractivity contribution is -0.483. The number of amides is 2. The summed E-state index contributed by atoms with van der Waals surface area (Å²) in [6, 6.07) is 8.42. The van der Waals surface area contributed by atoms with Crippen LogP contribution in [0.3, 0.4) is 0 Å². The predicted octanol–water partition coefficient (Wildman–Crippen LogP) is 5.32. The molecule has 1 aliphatic carbocycles. The van der Waals surface area contributed by atoms with Crippen LogP contribution in [0.4, 0.5) is 17.1 Å². The average Bonchev–Trinajstić information content (AvgIpc) is 3.37. The van der Waals surface area contributed by atoms with Gasteiger partial charge in [0, 0.05) is 53.3 Å². The fourth-order valence-electron chi connectivity index (χ4n) is 9.00. The molecule has 0 aromatic heterocycles. The Morgan fingerprint density at radius 3 is 1.87 bits per heavy atom. The molecule has 0 bridgehead atoms. The molecule has 0 saturated heterocycles. The van der Waals surface area contributed by atoms with E-state index >= 15 is 0 Å². The third kappa shape index (κ3) is 6.72. The number of unbranched alkanes of at least 4 members (excludes halogenated alkanes) is 2. The number of fused-ring (bicyclic) bond motifs is 2. The van der Waals surface area contributed by atoms with Crippen LogP contribution in [0.25, 0.3) is 5.57 Å². The van der Waals surface area contributed by atoms with Gasteiger partial charge in [0.15, 0.2) is 6.04 Å². The lowest BCUT2D eigenvalue weighted by atomic mass is 9.67. The smallest absolute Gasteiger partial charge is 0.227 e. The minimum Gasteiger partial charge on any atom is -0.848 e. The summed E-state index contributed by atoms with van der Waals surface area (Å²) < 4.78 is 2.23. The van der Waals surface area contributed by atoms with Crippen molar-refractivity contribution in [1.82, 2.24) is 4.58 Å². The van der Waals surface area contributed by atoms with E-state index in [9.17, 15) is 19.8 Å². The molecule has 52 heavy (non-hydrogen) atoms. The van der Waals surface area contributed by atoms with Crippen LogP contribution < -0.4 is 40.9 Å². The first-order valence-electron chi connectivity index (χ1n) is 20.1. The number of rotatable bonds is 13. The van der Waals surface area contributed by atoms with E-state index < -0.39 is 18.1 Å². The number of nitrogens with one attached hydrogen (secondary N) is 2. The topological polar surface area (TPSA) is 111 Å². The second-order valence-corrected chi connectivity index (χ2v) is 17.2. The van der Waals surface area contributed by atoms with E-state index in [2.05, 4.69) is 89.6 Å². The summed E-state index contributed by atoms with van der Waals surface area (Å²) in [7, 11) is 4.13. The van der Waals surface area contributed by atoms with Crippen molar-refractivity contribution in [1.29, 1.82) is 0 Å². The summed E-state index contributed by atoms with van der Waals surface area (Å²) >= 11 is 0. The summed E-state index contributed by atoms with van der Waals surface area (Å²) in [5.74, 6) is -1.29. The number of carbonyl (C=O) groups excluding carboxylic acids is 2. The Balaban J connectivity index is 1.65. The van der Waals surface area contributed by atoms with Gasteiger partial charge in [-0.1, -0.05) is 91.1 Å². The van der Waals surface area contributed by atoms with Crippen molar-refractivity contribution in [2.45, 2.75) is 162 Å². The monoisotopic (exact) mass is 714 g/mol. The molecule has 2 aromatic carbocycles. The van der Waals surface area contributed by atoms with E-state index in [1.165, 1.54) is 0 Å². The van der Waals surface area contributed by atoms with Crippen LogP contribution in [-0.4, -0.2) is 50.2 Å². The normalized spacial score (nSPS) is 25.3. The second-order valence-electron chi connectivity index (χ2n) is 17.2. The molecule has 2 aliphatic heterocycles. The van der Waals surface area contributed by atoms with Crippen molar-refractivity contribution in [2.24, 2.45) is 11.8 Å². The zero-order chi connectivity index (χ0) is 38.4. The van der Waals surface area contributed by atoms with Gasteiger partial charge in [0.2, 0.25) is 17.2 Å². The molecule has 6 unspecified atom stereocenters. The molecule has 2 N–H and O–H groups in total. The van der Waals surface area contributed by atoms with Crippen molar-refractivity contribution in [3.63, 3.8) is 0 Å². The molecule has 0 spiro atoms. The van der Waals surface area contributed by atoms with Gasteiger partial charge < -0.3 is 25.7 Å². The van der Waals surface area contributed by atoms with Crippen molar-refractivity contribution >= 4 is 34.4 Å². The van der Waals surface area contributed by atoms with Crippen molar-refractivity contribution in [3.05, 3.63) is 51.5 Å². The third-order valence-corrected chi connectivity index (χ3v) is 13.7. The molecular weight excluding hydrogens is 649 g/mol. The molecule has 1 fully saturated rings. The first-order chi connectivity index (χ1) is 24.5. The minimum atomic E-state index is -1.33.